The molecule has 0 aliphatic carbocycles. The summed E-state index contributed by atoms with van der Waals surface area (Å²) in [6.45, 7) is 8.94. The molecular weight excluding hydrogens is 246 g/mol. The van der Waals surface area contributed by atoms with E-state index in [1.165, 1.54) is 56.4 Å². The number of pyridine rings is 1. The molecular formula is C17H29N3. The molecule has 0 saturated carbocycles. The number of anilines is 1. The third-order valence-electron chi connectivity index (χ3n) is 4.39. The maximum Gasteiger partial charge on any atom is 0.0442 e. The molecule has 2 rings (SSSR count). The molecule has 1 N–H and O–H groups in total. The Hall–Kier alpha value is -1.09. The van der Waals surface area contributed by atoms with Gasteiger partial charge in [0.1, 0.15) is 0 Å². The van der Waals surface area contributed by atoms with Gasteiger partial charge in [-0.2, -0.15) is 0 Å². The molecule has 0 bridgehead atoms. The zero-order valence-electron chi connectivity index (χ0n) is 13.1. The van der Waals surface area contributed by atoms with Crippen molar-refractivity contribution < 1.29 is 0 Å². The topological polar surface area (TPSA) is 28.2 Å². The lowest BCUT2D eigenvalue weighted by Crippen LogP contribution is -2.26. The van der Waals surface area contributed by atoms with Gasteiger partial charge in [0, 0.05) is 43.3 Å². The lowest BCUT2D eigenvalue weighted by Gasteiger charge is -2.25. The lowest BCUT2D eigenvalue weighted by atomic mass is 9.98. The SMILES string of the molecule is CCCNCc1cnccc1N1CCCC(CC)CC1. The first-order chi connectivity index (χ1) is 9.85. The van der Waals surface area contributed by atoms with Gasteiger partial charge in [0.05, 0.1) is 0 Å². The number of rotatable bonds is 6. The van der Waals surface area contributed by atoms with E-state index in [0.717, 1.165) is 19.0 Å². The fourth-order valence-corrected chi connectivity index (χ4v) is 3.08. The molecule has 1 aromatic heterocycles. The van der Waals surface area contributed by atoms with E-state index in [4.69, 9.17) is 0 Å². The van der Waals surface area contributed by atoms with Crippen molar-refractivity contribution in [3.8, 4) is 0 Å². The summed E-state index contributed by atoms with van der Waals surface area (Å²) >= 11 is 0. The second-order valence-electron chi connectivity index (χ2n) is 5.87. The van der Waals surface area contributed by atoms with Gasteiger partial charge in [0.15, 0.2) is 0 Å². The minimum absolute atomic E-state index is 0.920. The van der Waals surface area contributed by atoms with Crippen molar-refractivity contribution in [3.05, 3.63) is 24.0 Å². The van der Waals surface area contributed by atoms with Crippen molar-refractivity contribution in [1.29, 1.82) is 0 Å². The van der Waals surface area contributed by atoms with E-state index >= 15 is 0 Å². The van der Waals surface area contributed by atoms with E-state index < -0.39 is 0 Å². The monoisotopic (exact) mass is 275 g/mol. The van der Waals surface area contributed by atoms with Gasteiger partial charge in [-0.15, -0.1) is 0 Å². The summed E-state index contributed by atoms with van der Waals surface area (Å²) in [5.74, 6) is 0.920. The summed E-state index contributed by atoms with van der Waals surface area (Å²) in [5.41, 5.74) is 2.73. The number of nitrogens with zero attached hydrogens (tertiary/aromatic N) is 2. The summed E-state index contributed by atoms with van der Waals surface area (Å²) < 4.78 is 0. The molecule has 2 heterocycles. The Balaban J connectivity index is 2.03. The first kappa shape index (κ1) is 15.3. The van der Waals surface area contributed by atoms with E-state index in [1.807, 2.05) is 12.4 Å². The van der Waals surface area contributed by atoms with Crippen molar-refractivity contribution in [1.82, 2.24) is 10.3 Å². The molecule has 1 fully saturated rings. The highest BCUT2D eigenvalue weighted by Crippen LogP contribution is 2.26. The molecule has 1 atom stereocenters. The van der Waals surface area contributed by atoms with Gasteiger partial charge in [0.2, 0.25) is 0 Å². The third kappa shape index (κ3) is 4.20. The highest BCUT2D eigenvalue weighted by molar-refractivity contribution is 5.52. The van der Waals surface area contributed by atoms with Crippen LogP contribution in [0.4, 0.5) is 5.69 Å². The standard InChI is InChI=1S/C17H29N3/c1-3-9-18-13-16-14-19-10-7-17(16)20-11-5-6-15(4-2)8-12-20/h7,10,14-15,18H,3-6,8-9,11-13H2,1-2H3. The van der Waals surface area contributed by atoms with Crippen LogP contribution < -0.4 is 10.2 Å². The predicted octanol–water partition coefficient (Wildman–Crippen LogP) is 3.60. The van der Waals surface area contributed by atoms with Gasteiger partial charge in [-0.1, -0.05) is 20.3 Å². The van der Waals surface area contributed by atoms with E-state index in [0.29, 0.717) is 0 Å². The Morgan fingerprint density at radius 1 is 1.30 bits per heavy atom. The minimum atomic E-state index is 0.920. The average molecular weight is 275 g/mol. The molecule has 112 valence electrons. The van der Waals surface area contributed by atoms with Crippen LogP contribution in [0, 0.1) is 5.92 Å². The Morgan fingerprint density at radius 3 is 3.00 bits per heavy atom. The molecule has 1 aliphatic rings. The zero-order chi connectivity index (χ0) is 14.2. The van der Waals surface area contributed by atoms with Crippen LogP contribution in [0.1, 0.15) is 51.5 Å². The summed E-state index contributed by atoms with van der Waals surface area (Å²) in [7, 11) is 0. The van der Waals surface area contributed by atoms with Crippen molar-refractivity contribution in [2.45, 2.75) is 52.5 Å². The molecule has 1 aromatic rings. The van der Waals surface area contributed by atoms with Crippen LogP contribution >= 0.6 is 0 Å². The van der Waals surface area contributed by atoms with E-state index in [2.05, 4.69) is 35.1 Å². The molecule has 1 saturated heterocycles. The van der Waals surface area contributed by atoms with Crippen molar-refractivity contribution >= 4 is 5.69 Å². The second-order valence-corrected chi connectivity index (χ2v) is 5.87. The van der Waals surface area contributed by atoms with Gasteiger partial charge in [0.25, 0.3) is 0 Å². The summed E-state index contributed by atoms with van der Waals surface area (Å²) in [6, 6.07) is 2.19. The Labute approximate surface area is 123 Å². The van der Waals surface area contributed by atoms with Crippen molar-refractivity contribution in [3.63, 3.8) is 0 Å². The molecule has 20 heavy (non-hydrogen) atoms. The summed E-state index contributed by atoms with van der Waals surface area (Å²) in [5, 5.41) is 3.50. The fourth-order valence-electron chi connectivity index (χ4n) is 3.08. The maximum absolute atomic E-state index is 4.31. The molecule has 1 unspecified atom stereocenters. The molecule has 1 aliphatic heterocycles. The quantitative estimate of drug-likeness (QED) is 0.804. The van der Waals surface area contributed by atoms with Crippen molar-refractivity contribution in [2.75, 3.05) is 24.5 Å². The maximum atomic E-state index is 4.31. The van der Waals surface area contributed by atoms with Gasteiger partial charge in [-0.05, 0) is 44.2 Å². The van der Waals surface area contributed by atoms with Gasteiger partial charge < -0.3 is 10.2 Å². The Bertz CT molecular complexity index is 392. The second kappa shape index (κ2) is 8.25. The zero-order valence-corrected chi connectivity index (χ0v) is 13.1. The smallest absolute Gasteiger partial charge is 0.0442 e. The van der Waals surface area contributed by atoms with Crippen LogP contribution in [0.2, 0.25) is 0 Å². The van der Waals surface area contributed by atoms with Gasteiger partial charge >= 0.3 is 0 Å². The Morgan fingerprint density at radius 2 is 2.20 bits per heavy atom. The molecule has 0 radical (unpaired) electrons. The predicted molar refractivity (Wildman–Crippen MR) is 86.1 cm³/mol. The number of hydrogen-bond acceptors (Lipinski definition) is 3. The lowest BCUT2D eigenvalue weighted by molar-refractivity contribution is 0.459. The number of nitrogens with one attached hydrogen (secondary N) is 1. The highest BCUT2D eigenvalue weighted by atomic mass is 15.1. The van der Waals surface area contributed by atoms with E-state index in [9.17, 15) is 0 Å². The number of hydrogen-bond donors (Lipinski definition) is 1. The largest absolute Gasteiger partial charge is 0.371 e. The van der Waals surface area contributed by atoms with Crippen LogP contribution in [0.15, 0.2) is 18.5 Å². The molecule has 0 spiro atoms. The summed E-state index contributed by atoms with van der Waals surface area (Å²) in [6.07, 6.45) is 10.5. The van der Waals surface area contributed by atoms with E-state index in [1.54, 1.807) is 0 Å². The molecule has 3 nitrogen and oxygen atoms in total. The third-order valence-corrected chi connectivity index (χ3v) is 4.39. The highest BCUT2D eigenvalue weighted by Gasteiger charge is 2.17. The fraction of sp³-hybridized carbons (Fsp3) is 0.706. The molecule has 0 aromatic carbocycles. The average Bonchev–Trinajstić information content (AvgIpc) is 2.73. The van der Waals surface area contributed by atoms with Crippen molar-refractivity contribution in [2.24, 2.45) is 5.92 Å². The van der Waals surface area contributed by atoms with Gasteiger partial charge in [-0.3, -0.25) is 4.98 Å². The molecule has 3 heteroatoms. The van der Waals surface area contributed by atoms with Crippen LogP contribution in [-0.4, -0.2) is 24.6 Å². The van der Waals surface area contributed by atoms with Crippen LogP contribution in [0.3, 0.4) is 0 Å². The van der Waals surface area contributed by atoms with E-state index in [-0.39, 0.29) is 0 Å². The summed E-state index contributed by atoms with van der Waals surface area (Å²) in [4.78, 5) is 6.88. The number of aromatic nitrogens is 1. The first-order valence-corrected chi connectivity index (χ1v) is 8.23. The Kier molecular flexibility index (Phi) is 6.31. The van der Waals surface area contributed by atoms with Crippen LogP contribution in [-0.2, 0) is 6.54 Å². The first-order valence-electron chi connectivity index (χ1n) is 8.23. The van der Waals surface area contributed by atoms with Crippen LogP contribution in [0.5, 0.6) is 0 Å². The normalized spacial score (nSPS) is 19.9. The van der Waals surface area contributed by atoms with Crippen LogP contribution in [0.25, 0.3) is 0 Å². The van der Waals surface area contributed by atoms with Gasteiger partial charge in [-0.25, -0.2) is 0 Å². The molecule has 0 amide bonds. The minimum Gasteiger partial charge on any atom is -0.371 e.